The molecule has 1 aliphatic rings. The predicted molar refractivity (Wildman–Crippen MR) is 102 cm³/mol. The van der Waals surface area contributed by atoms with E-state index in [0.717, 1.165) is 4.90 Å². The monoisotopic (exact) mass is 392 g/mol. The third-order valence-electron chi connectivity index (χ3n) is 4.15. The lowest BCUT2D eigenvalue weighted by molar-refractivity contribution is 0.482. The fourth-order valence-corrected chi connectivity index (χ4v) is 4.01. The van der Waals surface area contributed by atoms with E-state index in [1.807, 2.05) is 30.5 Å². The van der Waals surface area contributed by atoms with Crippen LogP contribution in [0.5, 0.6) is 5.75 Å². The van der Waals surface area contributed by atoms with Crippen LogP contribution in [0.25, 0.3) is 11.1 Å². The summed E-state index contributed by atoms with van der Waals surface area (Å²) in [5, 5.41) is 0. The van der Waals surface area contributed by atoms with Crippen LogP contribution in [0, 0.1) is 5.82 Å². The van der Waals surface area contributed by atoms with Gasteiger partial charge in [-0.1, -0.05) is 6.07 Å². The van der Waals surface area contributed by atoms with E-state index in [1.54, 1.807) is 24.8 Å². The van der Waals surface area contributed by atoms with Crippen molar-refractivity contribution >= 4 is 33.0 Å². The number of benzene rings is 2. The van der Waals surface area contributed by atoms with E-state index >= 15 is 0 Å². The van der Waals surface area contributed by atoms with Gasteiger partial charge in [0.1, 0.15) is 17.3 Å². The molecule has 0 aromatic heterocycles. The molecule has 0 radical (unpaired) electrons. The minimum atomic E-state index is -4.24. The summed E-state index contributed by atoms with van der Waals surface area (Å²) in [7, 11) is -4.24. The van der Waals surface area contributed by atoms with Gasteiger partial charge >= 0.3 is 0 Å². The molecule has 0 saturated carbocycles. The Hall–Kier alpha value is -2.09. The standard InChI is InChI=1S/C19H17FO4S2/c1-12-18(10-24-14-4-6-15(25-2)7-5-14)16-8-3-13(20)9-17(16)19(12)11-26(21,22)23/h3-10H,11H2,1-2H3,(H,21,22,23). The van der Waals surface area contributed by atoms with Crippen molar-refractivity contribution in [3.63, 3.8) is 0 Å². The Labute approximate surface area is 156 Å². The summed E-state index contributed by atoms with van der Waals surface area (Å²) in [6.45, 7) is 1.73. The molecular formula is C19H17FO4S2. The molecule has 3 rings (SSSR count). The molecule has 0 aliphatic heterocycles. The highest BCUT2D eigenvalue weighted by Crippen LogP contribution is 2.42. The maximum Gasteiger partial charge on any atom is 0.269 e. The zero-order valence-electron chi connectivity index (χ0n) is 14.2. The maximum absolute atomic E-state index is 13.7. The van der Waals surface area contributed by atoms with Crippen LogP contribution < -0.4 is 4.74 Å². The highest BCUT2D eigenvalue weighted by molar-refractivity contribution is 7.98. The molecule has 26 heavy (non-hydrogen) atoms. The van der Waals surface area contributed by atoms with Gasteiger partial charge in [0.25, 0.3) is 10.1 Å². The molecule has 0 atom stereocenters. The van der Waals surface area contributed by atoms with Gasteiger partial charge in [-0.2, -0.15) is 8.42 Å². The molecule has 0 bridgehead atoms. The van der Waals surface area contributed by atoms with Gasteiger partial charge < -0.3 is 4.74 Å². The summed E-state index contributed by atoms with van der Waals surface area (Å²) in [6, 6.07) is 11.7. The maximum atomic E-state index is 13.7. The zero-order valence-corrected chi connectivity index (χ0v) is 15.8. The van der Waals surface area contributed by atoms with E-state index in [-0.39, 0.29) is 0 Å². The first-order valence-corrected chi connectivity index (χ1v) is 10.6. The molecule has 2 aromatic carbocycles. The lowest BCUT2D eigenvalue weighted by atomic mass is 10.0. The van der Waals surface area contributed by atoms with E-state index in [1.165, 1.54) is 18.4 Å². The van der Waals surface area contributed by atoms with Gasteiger partial charge in [-0.05, 0) is 71.9 Å². The molecule has 0 amide bonds. The van der Waals surface area contributed by atoms with E-state index in [9.17, 15) is 17.4 Å². The molecular weight excluding hydrogens is 375 g/mol. The number of allylic oxidation sites excluding steroid dienone is 2. The summed E-state index contributed by atoms with van der Waals surface area (Å²) in [5.41, 5.74) is 2.78. The average Bonchev–Trinajstić information content (AvgIpc) is 2.83. The van der Waals surface area contributed by atoms with E-state index in [4.69, 9.17) is 4.74 Å². The van der Waals surface area contributed by atoms with Crippen LogP contribution in [-0.2, 0) is 10.1 Å². The Morgan fingerprint density at radius 1 is 1.15 bits per heavy atom. The fraction of sp³-hybridized carbons (Fsp3) is 0.158. The van der Waals surface area contributed by atoms with Gasteiger partial charge in [0, 0.05) is 10.5 Å². The first-order valence-electron chi connectivity index (χ1n) is 7.75. The molecule has 0 spiro atoms. The molecule has 0 heterocycles. The minimum Gasteiger partial charge on any atom is -0.464 e. The van der Waals surface area contributed by atoms with E-state index in [2.05, 4.69) is 0 Å². The van der Waals surface area contributed by atoms with Crippen molar-refractivity contribution < 1.29 is 22.1 Å². The van der Waals surface area contributed by atoms with E-state index < -0.39 is 21.7 Å². The third kappa shape index (κ3) is 4.00. The Morgan fingerprint density at radius 3 is 2.46 bits per heavy atom. The van der Waals surface area contributed by atoms with E-state index in [0.29, 0.717) is 33.6 Å². The van der Waals surface area contributed by atoms with Crippen LogP contribution in [0.1, 0.15) is 18.1 Å². The molecule has 1 aliphatic carbocycles. The number of halogens is 1. The number of hydrogen-bond donors (Lipinski definition) is 1. The zero-order chi connectivity index (χ0) is 18.9. The molecule has 0 unspecified atom stereocenters. The average molecular weight is 392 g/mol. The van der Waals surface area contributed by atoms with Crippen molar-refractivity contribution in [1.82, 2.24) is 0 Å². The van der Waals surface area contributed by atoms with Crippen LogP contribution in [-0.4, -0.2) is 25.0 Å². The van der Waals surface area contributed by atoms with Crippen molar-refractivity contribution in [2.75, 3.05) is 12.0 Å². The quantitative estimate of drug-likeness (QED) is 0.456. The number of rotatable bonds is 5. The van der Waals surface area contributed by atoms with Gasteiger partial charge in [0.15, 0.2) is 0 Å². The molecule has 4 nitrogen and oxygen atoms in total. The third-order valence-corrected chi connectivity index (χ3v) is 5.55. The van der Waals surface area contributed by atoms with Crippen LogP contribution in [0.4, 0.5) is 4.39 Å². The number of ether oxygens (including phenoxy) is 1. The normalized spacial score (nSPS) is 15.5. The van der Waals surface area contributed by atoms with Gasteiger partial charge in [0.05, 0.1) is 6.26 Å². The van der Waals surface area contributed by atoms with Gasteiger partial charge in [-0.3, -0.25) is 4.55 Å². The van der Waals surface area contributed by atoms with Crippen LogP contribution in [0.2, 0.25) is 0 Å². The van der Waals surface area contributed by atoms with Crippen LogP contribution in [0.15, 0.2) is 59.2 Å². The molecule has 2 aromatic rings. The topological polar surface area (TPSA) is 63.6 Å². The summed E-state index contributed by atoms with van der Waals surface area (Å²) in [5.74, 6) is -0.413. The van der Waals surface area contributed by atoms with Gasteiger partial charge in [-0.15, -0.1) is 11.8 Å². The molecule has 0 fully saturated rings. The summed E-state index contributed by atoms with van der Waals surface area (Å²) in [6.07, 6.45) is 3.51. The second-order valence-electron chi connectivity index (χ2n) is 5.84. The van der Waals surface area contributed by atoms with Crippen molar-refractivity contribution in [3.8, 4) is 5.75 Å². The smallest absolute Gasteiger partial charge is 0.269 e. The summed E-state index contributed by atoms with van der Waals surface area (Å²) in [4.78, 5) is 1.11. The molecule has 0 saturated heterocycles. The first-order chi connectivity index (χ1) is 12.3. The first kappa shape index (κ1) is 18.7. The predicted octanol–water partition coefficient (Wildman–Crippen LogP) is 4.64. The summed E-state index contributed by atoms with van der Waals surface area (Å²) >= 11 is 1.62. The Balaban J connectivity index is 2.00. The molecule has 7 heteroatoms. The Kier molecular flexibility index (Phi) is 5.22. The molecule has 136 valence electrons. The number of thioether (sulfide) groups is 1. The van der Waals surface area contributed by atoms with Gasteiger partial charge in [0.2, 0.25) is 0 Å². The Bertz CT molecular complexity index is 1010. The Morgan fingerprint density at radius 2 is 1.85 bits per heavy atom. The van der Waals surface area contributed by atoms with Crippen molar-refractivity contribution in [3.05, 3.63) is 71.2 Å². The highest BCUT2D eigenvalue weighted by Gasteiger charge is 2.27. The SMILES string of the molecule is CSc1ccc(OC=C2C(C)=C(CS(=O)(=O)O)c3cc(F)ccc32)cc1. The number of hydrogen-bond acceptors (Lipinski definition) is 4. The fourth-order valence-electron chi connectivity index (χ4n) is 2.87. The summed E-state index contributed by atoms with van der Waals surface area (Å²) < 4.78 is 51.3. The van der Waals surface area contributed by atoms with Crippen LogP contribution >= 0.6 is 11.8 Å². The van der Waals surface area contributed by atoms with Crippen molar-refractivity contribution in [2.24, 2.45) is 0 Å². The highest BCUT2D eigenvalue weighted by atomic mass is 32.2. The largest absolute Gasteiger partial charge is 0.464 e. The lowest BCUT2D eigenvalue weighted by Crippen LogP contribution is -2.06. The second-order valence-corrected chi connectivity index (χ2v) is 8.18. The van der Waals surface area contributed by atoms with Crippen LogP contribution in [0.3, 0.4) is 0 Å². The minimum absolute atomic E-state index is 0.370. The number of fused-ring (bicyclic) bond motifs is 1. The lowest BCUT2D eigenvalue weighted by Gasteiger charge is -2.06. The van der Waals surface area contributed by atoms with Gasteiger partial charge in [-0.25, -0.2) is 4.39 Å². The molecule has 1 N–H and O–H groups in total. The second kappa shape index (κ2) is 7.26. The van der Waals surface area contributed by atoms with Crippen molar-refractivity contribution in [1.29, 1.82) is 0 Å². The van der Waals surface area contributed by atoms with Crippen molar-refractivity contribution in [2.45, 2.75) is 11.8 Å².